The van der Waals surface area contributed by atoms with Crippen LogP contribution in [0.4, 0.5) is 5.82 Å². The number of aromatic nitrogens is 2. The predicted molar refractivity (Wildman–Crippen MR) is 67.9 cm³/mol. The Bertz CT molecular complexity index is 361. The zero-order chi connectivity index (χ0) is 12.8. The minimum absolute atomic E-state index is 0.173. The molecule has 0 spiro atoms. The van der Waals surface area contributed by atoms with Gasteiger partial charge < -0.3 is 10.6 Å². The van der Waals surface area contributed by atoms with Gasteiger partial charge in [-0.05, 0) is 11.8 Å². The van der Waals surface area contributed by atoms with Gasteiger partial charge in [-0.15, -0.1) is 0 Å². The first-order valence-electron chi connectivity index (χ1n) is 5.82. The fraction of sp³-hybridized carbons (Fsp3) is 0.583. The molecule has 0 saturated heterocycles. The van der Waals surface area contributed by atoms with Crippen LogP contribution in [0.1, 0.15) is 31.3 Å². The van der Waals surface area contributed by atoms with Crippen LogP contribution in [0, 0.1) is 11.8 Å². The summed E-state index contributed by atoms with van der Waals surface area (Å²) in [4.78, 5) is 19.8. The van der Waals surface area contributed by atoms with Gasteiger partial charge in [0, 0.05) is 13.6 Å². The van der Waals surface area contributed by atoms with Crippen molar-refractivity contribution < 1.29 is 4.79 Å². The van der Waals surface area contributed by atoms with Gasteiger partial charge in [-0.3, -0.25) is 4.79 Å². The molecule has 0 aliphatic carbocycles. The lowest BCUT2D eigenvalue weighted by Crippen LogP contribution is -2.30. The Balaban J connectivity index is 2.52. The molecule has 0 fully saturated rings. The molecule has 1 atom stereocenters. The van der Waals surface area contributed by atoms with Gasteiger partial charge in [0.2, 0.25) is 0 Å². The highest BCUT2D eigenvalue weighted by Crippen LogP contribution is 2.08. The van der Waals surface area contributed by atoms with Crippen LogP contribution in [0.2, 0.25) is 0 Å². The van der Waals surface area contributed by atoms with Crippen molar-refractivity contribution in [2.24, 2.45) is 11.8 Å². The maximum Gasteiger partial charge on any atom is 0.271 e. The van der Waals surface area contributed by atoms with Gasteiger partial charge in [-0.2, -0.15) is 0 Å². The first-order valence-corrected chi connectivity index (χ1v) is 5.82. The third kappa shape index (κ3) is 4.01. The molecule has 0 radical (unpaired) electrons. The summed E-state index contributed by atoms with van der Waals surface area (Å²) >= 11 is 0. The monoisotopic (exact) mass is 236 g/mol. The summed E-state index contributed by atoms with van der Waals surface area (Å²) in [5.74, 6) is 1.47. The molecule has 17 heavy (non-hydrogen) atoms. The Morgan fingerprint density at radius 1 is 1.29 bits per heavy atom. The molecule has 5 heteroatoms. The van der Waals surface area contributed by atoms with Crippen molar-refractivity contribution in [3.05, 3.63) is 18.1 Å². The summed E-state index contributed by atoms with van der Waals surface area (Å²) in [6.45, 7) is 7.05. The van der Waals surface area contributed by atoms with E-state index in [2.05, 4.69) is 41.4 Å². The average Bonchev–Trinajstić information content (AvgIpc) is 2.35. The third-order valence-electron chi connectivity index (χ3n) is 2.86. The zero-order valence-corrected chi connectivity index (χ0v) is 10.8. The fourth-order valence-electron chi connectivity index (χ4n) is 1.15. The molecule has 1 heterocycles. The summed E-state index contributed by atoms with van der Waals surface area (Å²) in [5.41, 5.74) is 0.347. The molecule has 5 nitrogen and oxygen atoms in total. The topological polar surface area (TPSA) is 66.9 Å². The van der Waals surface area contributed by atoms with Gasteiger partial charge >= 0.3 is 0 Å². The molecular formula is C12H20N4O. The van der Waals surface area contributed by atoms with Crippen LogP contribution in [0.25, 0.3) is 0 Å². The van der Waals surface area contributed by atoms with Crippen molar-refractivity contribution in [3.8, 4) is 0 Å². The summed E-state index contributed by atoms with van der Waals surface area (Å²) in [5, 5.41) is 5.71. The van der Waals surface area contributed by atoms with Gasteiger partial charge in [-0.25, -0.2) is 9.97 Å². The predicted octanol–water partition coefficient (Wildman–Crippen LogP) is 1.54. The standard InChI is InChI=1S/C12H20N4O/c1-8(2)9(3)5-16-12(17)10-6-15-11(13-4)7-14-10/h6-9H,5H2,1-4H3,(H,13,15)(H,16,17). The molecule has 1 aromatic heterocycles. The van der Waals surface area contributed by atoms with E-state index in [0.29, 0.717) is 29.9 Å². The van der Waals surface area contributed by atoms with Gasteiger partial charge in [0.25, 0.3) is 5.91 Å². The minimum atomic E-state index is -0.173. The van der Waals surface area contributed by atoms with Crippen LogP contribution < -0.4 is 10.6 Å². The van der Waals surface area contributed by atoms with E-state index >= 15 is 0 Å². The number of hydrogen-bond acceptors (Lipinski definition) is 4. The lowest BCUT2D eigenvalue weighted by Gasteiger charge is -2.15. The normalized spacial score (nSPS) is 12.3. The molecule has 1 amide bonds. The Morgan fingerprint density at radius 3 is 2.47 bits per heavy atom. The molecule has 0 bridgehead atoms. The highest BCUT2D eigenvalue weighted by Gasteiger charge is 2.11. The number of hydrogen-bond donors (Lipinski definition) is 2. The van der Waals surface area contributed by atoms with E-state index in [1.54, 1.807) is 13.2 Å². The molecule has 1 unspecified atom stereocenters. The van der Waals surface area contributed by atoms with Crippen molar-refractivity contribution in [1.82, 2.24) is 15.3 Å². The zero-order valence-electron chi connectivity index (χ0n) is 10.8. The second-order valence-electron chi connectivity index (χ2n) is 4.47. The molecule has 94 valence electrons. The van der Waals surface area contributed by atoms with Crippen LogP contribution in [-0.4, -0.2) is 29.5 Å². The van der Waals surface area contributed by atoms with Gasteiger partial charge in [0.05, 0.1) is 12.4 Å². The fourth-order valence-corrected chi connectivity index (χ4v) is 1.15. The van der Waals surface area contributed by atoms with Crippen molar-refractivity contribution in [2.45, 2.75) is 20.8 Å². The van der Waals surface area contributed by atoms with Gasteiger partial charge in [-0.1, -0.05) is 20.8 Å². The lowest BCUT2D eigenvalue weighted by atomic mass is 9.98. The number of rotatable bonds is 5. The first-order chi connectivity index (χ1) is 8.04. The van der Waals surface area contributed by atoms with Gasteiger partial charge in [0.15, 0.2) is 0 Å². The van der Waals surface area contributed by atoms with Crippen LogP contribution in [0.3, 0.4) is 0 Å². The van der Waals surface area contributed by atoms with Crippen molar-refractivity contribution in [2.75, 3.05) is 18.9 Å². The number of carbonyl (C=O) groups excluding carboxylic acids is 1. The Labute approximate surface area is 102 Å². The molecule has 0 saturated carbocycles. The number of anilines is 1. The Kier molecular flexibility index (Phi) is 4.87. The van der Waals surface area contributed by atoms with E-state index in [1.165, 1.54) is 6.20 Å². The van der Waals surface area contributed by atoms with E-state index in [4.69, 9.17) is 0 Å². The van der Waals surface area contributed by atoms with Crippen LogP contribution in [-0.2, 0) is 0 Å². The number of nitrogens with one attached hydrogen (secondary N) is 2. The molecule has 0 aliphatic heterocycles. The van der Waals surface area contributed by atoms with Crippen molar-refractivity contribution in [3.63, 3.8) is 0 Å². The minimum Gasteiger partial charge on any atom is -0.372 e. The van der Waals surface area contributed by atoms with E-state index in [9.17, 15) is 4.79 Å². The second-order valence-corrected chi connectivity index (χ2v) is 4.47. The van der Waals surface area contributed by atoms with E-state index in [0.717, 1.165) is 0 Å². The first kappa shape index (κ1) is 13.4. The van der Waals surface area contributed by atoms with Crippen LogP contribution in [0.15, 0.2) is 12.4 Å². The highest BCUT2D eigenvalue weighted by molar-refractivity contribution is 5.91. The van der Waals surface area contributed by atoms with Crippen molar-refractivity contribution >= 4 is 11.7 Å². The summed E-state index contributed by atoms with van der Waals surface area (Å²) in [6.07, 6.45) is 3.02. The van der Waals surface area contributed by atoms with Crippen molar-refractivity contribution in [1.29, 1.82) is 0 Å². The summed E-state index contributed by atoms with van der Waals surface area (Å²) < 4.78 is 0. The molecule has 2 N–H and O–H groups in total. The highest BCUT2D eigenvalue weighted by atomic mass is 16.1. The Hall–Kier alpha value is -1.65. The molecule has 0 aromatic carbocycles. The summed E-state index contributed by atoms with van der Waals surface area (Å²) in [7, 11) is 1.76. The molecular weight excluding hydrogens is 216 g/mol. The second kappa shape index (κ2) is 6.18. The Morgan fingerprint density at radius 2 is 2.00 bits per heavy atom. The largest absolute Gasteiger partial charge is 0.372 e. The smallest absolute Gasteiger partial charge is 0.271 e. The van der Waals surface area contributed by atoms with Gasteiger partial charge in [0.1, 0.15) is 11.5 Å². The SMILES string of the molecule is CNc1cnc(C(=O)NCC(C)C(C)C)cn1. The third-order valence-corrected chi connectivity index (χ3v) is 2.86. The summed E-state index contributed by atoms with van der Waals surface area (Å²) in [6, 6.07) is 0. The van der Waals surface area contributed by atoms with E-state index in [-0.39, 0.29) is 5.91 Å². The average molecular weight is 236 g/mol. The van der Waals surface area contributed by atoms with E-state index in [1.807, 2.05) is 0 Å². The number of amides is 1. The quantitative estimate of drug-likeness (QED) is 0.813. The van der Waals surface area contributed by atoms with Crippen LogP contribution >= 0.6 is 0 Å². The molecule has 1 aromatic rings. The maximum absolute atomic E-state index is 11.7. The lowest BCUT2D eigenvalue weighted by molar-refractivity contribution is 0.0939. The molecule has 1 rings (SSSR count). The van der Waals surface area contributed by atoms with Crippen LogP contribution in [0.5, 0.6) is 0 Å². The maximum atomic E-state index is 11.7. The number of carbonyl (C=O) groups is 1. The number of nitrogens with zero attached hydrogens (tertiary/aromatic N) is 2. The van der Waals surface area contributed by atoms with E-state index < -0.39 is 0 Å². The molecule has 0 aliphatic rings.